The predicted octanol–water partition coefficient (Wildman–Crippen LogP) is -1.07. The minimum absolute atomic E-state index is 0.102. The molecule has 9 heteroatoms. The number of aliphatic hydroxyl groups is 3. The fourth-order valence-corrected chi connectivity index (χ4v) is 2.18. The molecule has 1 fully saturated rings. The van der Waals surface area contributed by atoms with Gasteiger partial charge in [0.05, 0.1) is 23.7 Å². The van der Waals surface area contributed by atoms with Crippen molar-refractivity contribution in [3.8, 4) is 0 Å². The summed E-state index contributed by atoms with van der Waals surface area (Å²) < 4.78 is 9.95. The summed E-state index contributed by atoms with van der Waals surface area (Å²) >= 11 is 0. The maximum Gasteiger partial charge on any atom is 0.390 e. The monoisotopic (exact) mass is 313 g/mol. The van der Waals surface area contributed by atoms with Crippen molar-refractivity contribution in [2.24, 2.45) is 0 Å². The SMILES string of the molecule is O=C(O[C@H]1[C@@H](CO)OC[C@H](O)[C@]1(O)[N+](=O)[O-])c1ccccc1. The number of ether oxygens (including phenoxy) is 2. The van der Waals surface area contributed by atoms with Gasteiger partial charge >= 0.3 is 11.7 Å². The fourth-order valence-electron chi connectivity index (χ4n) is 2.18. The highest BCUT2D eigenvalue weighted by Gasteiger charge is 2.64. The molecule has 4 atom stereocenters. The van der Waals surface area contributed by atoms with Gasteiger partial charge in [0.2, 0.25) is 6.10 Å². The summed E-state index contributed by atoms with van der Waals surface area (Å²) in [7, 11) is 0. The Morgan fingerprint density at radius 2 is 2.09 bits per heavy atom. The van der Waals surface area contributed by atoms with E-state index >= 15 is 0 Å². The molecule has 1 aromatic carbocycles. The van der Waals surface area contributed by atoms with Gasteiger partial charge in [-0.15, -0.1) is 0 Å². The predicted molar refractivity (Wildman–Crippen MR) is 70.4 cm³/mol. The lowest BCUT2D eigenvalue weighted by Crippen LogP contribution is -2.68. The third kappa shape index (κ3) is 2.79. The van der Waals surface area contributed by atoms with Crippen LogP contribution in [0.15, 0.2) is 30.3 Å². The van der Waals surface area contributed by atoms with E-state index in [4.69, 9.17) is 9.47 Å². The first kappa shape index (κ1) is 16.3. The molecule has 0 aliphatic carbocycles. The van der Waals surface area contributed by atoms with E-state index < -0.39 is 48.1 Å². The molecule has 1 aliphatic rings. The minimum atomic E-state index is -2.96. The molecule has 1 saturated heterocycles. The second kappa shape index (κ2) is 6.36. The number of hydrogen-bond acceptors (Lipinski definition) is 8. The van der Waals surface area contributed by atoms with Crippen molar-refractivity contribution >= 4 is 5.97 Å². The Morgan fingerprint density at radius 1 is 1.45 bits per heavy atom. The first-order valence-electron chi connectivity index (χ1n) is 6.44. The van der Waals surface area contributed by atoms with Gasteiger partial charge in [0.25, 0.3) is 0 Å². The molecule has 3 N–H and O–H groups in total. The molecule has 0 amide bonds. The van der Waals surface area contributed by atoms with E-state index in [0.29, 0.717) is 0 Å². The van der Waals surface area contributed by atoms with Crippen molar-refractivity contribution in [1.82, 2.24) is 0 Å². The number of nitro groups is 1. The normalized spacial score (nSPS) is 31.5. The smallest absolute Gasteiger partial charge is 0.390 e. The van der Waals surface area contributed by atoms with Gasteiger partial charge in [-0.1, -0.05) is 18.2 Å². The lowest BCUT2D eigenvalue weighted by molar-refractivity contribution is -0.659. The molecule has 1 heterocycles. The van der Waals surface area contributed by atoms with Crippen LogP contribution < -0.4 is 0 Å². The summed E-state index contributed by atoms with van der Waals surface area (Å²) in [6.45, 7) is -1.29. The van der Waals surface area contributed by atoms with Crippen molar-refractivity contribution in [3.05, 3.63) is 46.0 Å². The molecule has 0 bridgehead atoms. The highest BCUT2D eigenvalue weighted by Crippen LogP contribution is 2.29. The zero-order chi connectivity index (χ0) is 16.3. The third-order valence-corrected chi connectivity index (χ3v) is 3.43. The number of benzene rings is 1. The number of carbonyl (C=O) groups excluding carboxylic acids is 1. The Balaban J connectivity index is 2.30. The molecule has 1 aromatic rings. The number of nitrogens with zero attached hydrogens (tertiary/aromatic N) is 1. The van der Waals surface area contributed by atoms with Crippen LogP contribution in [0.5, 0.6) is 0 Å². The van der Waals surface area contributed by atoms with E-state index in [2.05, 4.69) is 0 Å². The van der Waals surface area contributed by atoms with Crippen LogP contribution >= 0.6 is 0 Å². The van der Waals surface area contributed by atoms with Crippen LogP contribution in [0.3, 0.4) is 0 Å². The molecule has 120 valence electrons. The van der Waals surface area contributed by atoms with Crippen LogP contribution in [0.25, 0.3) is 0 Å². The summed E-state index contributed by atoms with van der Waals surface area (Å²) in [6, 6.07) is 7.62. The zero-order valence-corrected chi connectivity index (χ0v) is 11.4. The topological polar surface area (TPSA) is 139 Å². The Bertz CT molecular complexity index is 550. The second-order valence-electron chi connectivity index (χ2n) is 4.80. The standard InChI is InChI=1S/C13H15NO8/c15-6-9-11(13(18,14(19)20)10(16)7-21-9)22-12(17)8-4-2-1-3-5-8/h1-5,9-11,15-16,18H,6-7H2/t9-,10+,11+,13-/m1/s1. The summed E-state index contributed by atoms with van der Waals surface area (Å²) in [5.74, 6) is -0.943. The highest BCUT2D eigenvalue weighted by atomic mass is 16.7. The van der Waals surface area contributed by atoms with Gasteiger partial charge in [-0.25, -0.2) is 4.79 Å². The number of rotatable bonds is 4. The maximum atomic E-state index is 12.0. The lowest BCUT2D eigenvalue weighted by atomic mass is 9.93. The van der Waals surface area contributed by atoms with Gasteiger partial charge in [-0.3, -0.25) is 10.1 Å². The van der Waals surface area contributed by atoms with Gasteiger partial charge in [0, 0.05) is 0 Å². The lowest BCUT2D eigenvalue weighted by Gasteiger charge is -2.39. The van der Waals surface area contributed by atoms with Gasteiger partial charge in [-0.2, -0.15) is 0 Å². The van der Waals surface area contributed by atoms with E-state index in [9.17, 15) is 30.2 Å². The van der Waals surface area contributed by atoms with Gasteiger partial charge < -0.3 is 24.8 Å². The summed E-state index contributed by atoms with van der Waals surface area (Å²) in [5, 5.41) is 40.2. The highest BCUT2D eigenvalue weighted by molar-refractivity contribution is 5.89. The Labute approximate surface area is 124 Å². The summed E-state index contributed by atoms with van der Waals surface area (Å²) in [4.78, 5) is 22.0. The average Bonchev–Trinajstić information content (AvgIpc) is 2.52. The molecule has 0 unspecified atom stereocenters. The van der Waals surface area contributed by atoms with Gasteiger partial charge in [-0.05, 0) is 12.1 Å². The summed E-state index contributed by atoms with van der Waals surface area (Å²) in [5.41, 5.74) is -2.86. The molecule has 1 aliphatic heterocycles. The zero-order valence-electron chi connectivity index (χ0n) is 11.4. The first-order valence-corrected chi connectivity index (χ1v) is 6.44. The van der Waals surface area contributed by atoms with Crippen molar-refractivity contribution in [1.29, 1.82) is 0 Å². The van der Waals surface area contributed by atoms with Crippen molar-refractivity contribution in [3.63, 3.8) is 0 Å². The van der Waals surface area contributed by atoms with Crippen LogP contribution in [-0.2, 0) is 9.47 Å². The molecular formula is C13H15NO8. The fraction of sp³-hybridized carbons (Fsp3) is 0.462. The van der Waals surface area contributed by atoms with Crippen LogP contribution in [-0.4, -0.2) is 63.5 Å². The van der Waals surface area contributed by atoms with Crippen LogP contribution in [0.2, 0.25) is 0 Å². The van der Waals surface area contributed by atoms with Gasteiger partial charge in [0.15, 0.2) is 6.10 Å². The maximum absolute atomic E-state index is 12.0. The largest absolute Gasteiger partial charge is 0.445 e. The third-order valence-electron chi connectivity index (χ3n) is 3.43. The molecule has 22 heavy (non-hydrogen) atoms. The molecule has 0 aromatic heterocycles. The molecule has 0 spiro atoms. The second-order valence-corrected chi connectivity index (χ2v) is 4.80. The Morgan fingerprint density at radius 3 is 2.64 bits per heavy atom. The first-order chi connectivity index (χ1) is 10.4. The number of aliphatic hydroxyl groups excluding tert-OH is 2. The van der Waals surface area contributed by atoms with E-state index in [-0.39, 0.29) is 5.56 Å². The molecule has 2 rings (SSSR count). The molecule has 0 radical (unpaired) electrons. The quantitative estimate of drug-likeness (QED) is 0.276. The minimum Gasteiger partial charge on any atom is -0.445 e. The molecule has 0 saturated carbocycles. The van der Waals surface area contributed by atoms with E-state index in [0.717, 1.165) is 0 Å². The van der Waals surface area contributed by atoms with Crippen molar-refractivity contribution in [2.45, 2.75) is 24.0 Å². The van der Waals surface area contributed by atoms with E-state index in [1.54, 1.807) is 18.2 Å². The van der Waals surface area contributed by atoms with Crippen LogP contribution in [0, 0.1) is 10.1 Å². The Hall–Kier alpha value is -2.07. The van der Waals surface area contributed by atoms with E-state index in [1.165, 1.54) is 12.1 Å². The van der Waals surface area contributed by atoms with Gasteiger partial charge in [0.1, 0.15) is 6.10 Å². The van der Waals surface area contributed by atoms with Crippen molar-refractivity contribution < 1.29 is 34.5 Å². The summed E-state index contributed by atoms with van der Waals surface area (Å²) in [6.07, 6.45) is -5.09. The van der Waals surface area contributed by atoms with Crippen molar-refractivity contribution in [2.75, 3.05) is 13.2 Å². The molecule has 9 nitrogen and oxygen atoms in total. The number of carbonyl (C=O) groups is 1. The number of hydrogen-bond donors (Lipinski definition) is 3. The Kier molecular flexibility index (Phi) is 4.71. The van der Waals surface area contributed by atoms with E-state index in [1.807, 2.05) is 0 Å². The average molecular weight is 313 g/mol. The van der Waals surface area contributed by atoms with Crippen LogP contribution in [0.1, 0.15) is 10.4 Å². The van der Waals surface area contributed by atoms with Crippen LogP contribution in [0.4, 0.5) is 0 Å². The molecular weight excluding hydrogens is 298 g/mol. The number of esters is 1.